The van der Waals surface area contributed by atoms with Crippen LogP contribution in [-0.4, -0.2) is 10.1 Å². The van der Waals surface area contributed by atoms with Gasteiger partial charge < -0.3 is 14.3 Å². The second-order valence-corrected chi connectivity index (χ2v) is 4.46. The average molecular weight is 285 g/mol. The predicted octanol–water partition coefficient (Wildman–Crippen LogP) is 3.69. The van der Waals surface area contributed by atoms with E-state index in [-0.39, 0.29) is 11.6 Å². The molecule has 2 aromatic carbocycles. The second-order valence-electron chi connectivity index (χ2n) is 4.46. The van der Waals surface area contributed by atoms with Gasteiger partial charge in [0.25, 0.3) is 0 Å². The molecular formula is C16H12FNO3. The van der Waals surface area contributed by atoms with Crippen LogP contribution >= 0.6 is 0 Å². The molecule has 0 saturated heterocycles. The Hall–Kier alpha value is -2.82. The van der Waals surface area contributed by atoms with Crippen molar-refractivity contribution in [1.82, 2.24) is 4.98 Å². The Kier molecular flexibility index (Phi) is 3.55. The number of halogens is 1. The van der Waals surface area contributed by atoms with Gasteiger partial charge in [0.15, 0.2) is 12.5 Å². The van der Waals surface area contributed by atoms with Crippen molar-refractivity contribution in [2.45, 2.75) is 6.10 Å². The molecule has 4 nitrogen and oxygen atoms in total. The summed E-state index contributed by atoms with van der Waals surface area (Å²) in [6, 6.07) is 12.5. The molecule has 3 aromatic rings. The predicted molar refractivity (Wildman–Crippen MR) is 73.5 cm³/mol. The molecule has 3 rings (SSSR count). The number of phenolic OH excluding ortho intramolecular Hbond substituents is 1. The zero-order chi connectivity index (χ0) is 14.7. The third-order valence-electron chi connectivity index (χ3n) is 2.94. The minimum Gasteiger partial charge on any atom is -0.508 e. The fourth-order valence-electron chi connectivity index (χ4n) is 2.01. The van der Waals surface area contributed by atoms with Crippen LogP contribution in [0, 0.1) is 5.82 Å². The van der Waals surface area contributed by atoms with Gasteiger partial charge in [-0.2, -0.15) is 0 Å². The lowest BCUT2D eigenvalue weighted by molar-refractivity contribution is 0.240. The normalized spacial score (nSPS) is 12.0. The number of hydrogen-bond acceptors (Lipinski definition) is 4. The van der Waals surface area contributed by atoms with Gasteiger partial charge in [0.2, 0.25) is 0 Å². The Morgan fingerprint density at radius 2 is 2.00 bits per heavy atom. The number of phenols is 1. The van der Waals surface area contributed by atoms with Gasteiger partial charge in [-0.15, -0.1) is 0 Å². The van der Waals surface area contributed by atoms with Crippen molar-refractivity contribution >= 4 is 0 Å². The number of hydrogen-bond donors (Lipinski definition) is 1. The Balaban J connectivity index is 1.97. The third-order valence-corrected chi connectivity index (χ3v) is 2.94. The van der Waals surface area contributed by atoms with Gasteiger partial charge in [-0.1, -0.05) is 18.2 Å². The summed E-state index contributed by atoms with van der Waals surface area (Å²) in [5, 5.41) is 9.50. The van der Waals surface area contributed by atoms with Gasteiger partial charge in [-0.05, 0) is 24.3 Å². The Labute approximate surface area is 120 Å². The molecule has 21 heavy (non-hydrogen) atoms. The van der Waals surface area contributed by atoms with Crippen molar-refractivity contribution < 1.29 is 18.7 Å². The van der Waals surface area contributed by atoms with E-state index in [0.717, 1.165) is 0 Å². The zero-order valence-corrected chi connectivity index (χ0v) is 10.9. The summed E-state index contributed by atoms with van der Waals surface area (Å²) in [6.45, 7) is 0. The first kappa shape index (κ1) is 13.2. The molecule has 1 atom stereocenters. The van der Waals surface area contributed by atoms with Gasteiger partial charge in [0, 0.05) is 11.6 Å². The first-order valence-corrected chi connectivity index (χ1v) is 6.31. The summed E-state index contributed by atoms with van der Waals surface area (Å²) < 4.78 is 24.2. The van der Waals surface area contributed by atoms with Crippen LogP contribution in [0.2, 0.25) is 0 Å². The van der Waals surface area contributed by atoms with Crippen LogP contribution in [0.4, 0.5) is 4.39 Å². The molecule has 1 unspecified atom stereocenters. The summed E-state index contributed by atoms with van der Waals surface area (Å²) in [5.74, 6) is 0.179. The van der Waals surface area contributed by atoms with Gasteiger partial charge in [-0.3, -0.25) is 0 Å². The van der Waals surface area contributed by atoms with Gasteiger partial charge in [-0.25, -0.2) is 9.37 Å². The quantitative estimate of drug-likeness (QED) is 0.794. The van der Waals surface area contributed by atoms with Crippen molar-refractivity contribution in [1.29, 1.82) is 0 Å². The SMILES string of the molecule is Oc1cccc(OC(c2cccc(F)c2)c2cocn2)c1. The molecular weight excluding hydrogens is 273 g/mol. The van der Waals surface area contributed by atoms with E-state index in [2.05, 4.69) is 4.98 Å². The standard InChI is InChI=1S/C16H12FNO3/c17-12-4-1-3-11(7-12)16(15-9-20-10-18-15)21-14-6-2-5-13(19)8-14/h1-10,16,19H. The lowest BCUT2D eigenvalue weighted by Gasteiger charge is -2.17. The lowest BCUT2D eigenvalue weighted by Crippen LogP contribution is -2.10. The van der Waals surface area contributed by atoms with Crippen LogP contribution in [-0.2, 0) is 0 Å². The molecule has 1 heterocycles. The van der Waals surface area contributed by atoms with E-state index in [4.69, 9.17) is 9.15 Å². The largest absolute Gasteiger partial charge is 0.508 e. The summed E-state index contributed by atoms with van der Waals surface area (Å²) in [4.78, 5) is 4.06. The molecule has 0 radical (unpaired) electrons. The summed E-state index contributed by atoms with van der Waals surface area (Å²) in [7, 11) is 0. The van der Waals surface area contributed by atoms with E-state index >= 15 is 0 Å². The van der Waals surface area contributed by atoms with E-state index in [9.17, 15) is 9.50 Å². The molecule has 1 aromatic heterocycles. The fourth-order valence-corrected chi connectivity index (χ4v) is 2.01. The zero-order valence-electron chi connectivity index (χ0n) is 10.9. The molecule has 0 saturated carbocycles. The summed E-state index contributed by atoms with van der Waals surface area (Å²) >= 11 is 0. The highest BCUT2D eigenvalue weighted by molar-refractivity contribution is 5.34. The number of oxazole rings is 1. The number of rotatable bonds is 4. The van der Waals surface area contributed by atoms with Gasteiger partial charge in [0.1, 0.15) is 29.3 Å². The molecule has 5 heteroatoms. The fraction of sp³-hybridized carbons (Fsp3) is 0.0625. The van der Waals surface area contributed by atoms with Crippen LogP contribution < -0.4 is 4.74 Å². The molecule has 1 N–H and O–H groups in total. The van der Waals surface area contributed by atoms with Crippen molar-refractivity contribution in [3.63, 3.8) is 0 Å². The molecule has 0 aliphatic rings. The Morgan fingerprint density at radius 1 is 1.14 bits per heavy atom. The minimum atomic E-state index is -0.624. The molecule has 0 fully saturated rings. The van der Waals surface area contributed by atoms with Crippen LogP contribution in [0.5, 0.6) is 11.5 Å². The van der Waals surface area contributed by atoms with E-state index in [0.29, 0.717) is 17.0 Å². The van der Waals surface area contributed by atoms with Crippen LogP contribution in [0.3, 0.4) is 0 Å². The number of aromatic nitrogens is 1. The van der Waals surface area contributed by atoms with Crippen molar-refractivity contribution in [3.05, 3.63) is 78.3 Å². The number of ether oxygens (including phenoxy) is 1. The number of aromatic hydroxyl groups is 1. The number of nitrogens with zero attached hydrogens (tertiary/aromatic N) is 1. The van der Waals surface area contributed by atoms with Crippen molar-refractivity contribution in [3.8, 4) is 11.5 Å². The highest BCUT2D eigenvalue weighted by atomic mass is 19.1. The maximum absolute atomic E-state index is 13.4. The monoisotopic (exact) mass is 285 g/mol. The maximum Gasteiger partial charge on any atom is 0.180 e. The summed E-state index contributed by atoms with van der Waals surface area (Å²) in [5.41, 5.74) is 1.12. The van der Waals surface area contributed by atoms with E-state index in [1.807, 2.05) is 0 Å². The second kappa shape index (κ2) is 5.66. The van der Waals surface area contributed by atoms with Gasteiger partial charge >= 0.3 is 0 Å². The first-order valence-electron chi connectivity index (χ1n) is 6.31. The molecule has 0 aliphatic heterocycles. The lowest BCUT2D eigenvalue weighted by atomic mass is 10.1. The topological polar surface area (TPSA) is 55.5 Å². The molecule has 0 spiro atoms. The number of benzene rings is 2. The Morgan fingerprint density at radius 3 is 2.71 bits per heavy atom. The first-order chi connectivity index (χ1) is 10.2. The average Bonchev–Trinajstić information content (AvgIpc) is 2.99. The third kappa shape index (κ3) is 3.02. The van der Waals surface area contributed by atoms with E-state index in [1.54, 1.807) is 30.3 Å². The van der Waals surface area contributed by atoms with E-state index < -0.39 is 6.10 Å². The molecule has 0 bridgehead atoms. The summed E-state index contributed by atoms with van der Waals surface area (Å²) in [6.07, 6.45) is 2.10. The highest BCUT2D eigenvalue weighted by Crippen LogP contribution is 2.29. The van der Waals surface area contributed by atoms with Crippen LogP contribution in [0.1, 0.15) is 17.4 Å². The smallest absolute Gasteiger partial charge is 0.180 e. The molecule has 0 aliphatic carbocycles. The minimum absolute atomic E-state index is 0.0886. The highest BCUT2D eigenvalue weighted by Gasteiger charge is 2.19. The van der Waals surface area contributed by atoms with E-state index in [1.165, 1.54) is 30.9 Å². The Bertz CT molecular complexity index is 728. The molecule has 0 amide bonds. The van der Waals surface area contributed by atoms with Gasteiger partial charge in [0.05, 0.1) is 0 Å². The van der Waals surface area contributed by atoms with Crippen LogP contribution in [0.25, 0.3) is 0 Å². The molecule has 106 valence electrons. The van der Waals surface area contributed by atoms with Crippen LogP contribution in [0.15, 0.2) is 65.6 Å². The maximum atomic E-state index is 13.4. The van der Waals surface area contributed by atoms with Crippen molar-refractivity contribution in [2.75, 3.05) is 0 Å². The van der Waals surface area contributed by atoms with Crippen molar-refractivity contribution in [2.24, 2.45) is 0 Å².